The molecule has 0 heterocycles. The number of aliphatic carboxylic acids is 4. The fraction of sp³-hybridized carbons (Fsp3) is 0.400. The molecule has 2 N–H and O–H groups in total. The molecule has 19 heteroatoms. The third kappa shape index (κ3) is 18.4. The molecule has 4 unspecified atom stereocenters. The van der Waals surface area contributed by atoms with Gasteiger partial charge in [0.2, 0.25) is 0 Å². The summed E-state index contributed by atoms with van der Waals surface area (Å²) in [6.45, 7) is 0. The second kappa shape index (κ2) is 17.6. The summed E-state index contributed by atoms with van der Waals surface area (Å²) in [5, 5.41) is 72.0. The van der Waals surface area contributed by atoms with Crippen molar-refractivity contribution in [3.63, 3.8) is 0 Å². The maximum Gasteiger partial charge on any atom is 2.00 e. The van der Waals surface area contributed by atoms with Crippen molar-refractivity contribution in [1.29, 1.82) is 0 Å². The van der Waals surface area contributed by atoms with Crippen molar-refractivity contribution in [3.05, 3.63) is 0 Å². The van der Waals surface area contributed by atoms with E-state index in [4.69, 9.17) is 10.2 Å². The number of rotatable bonds is 10. The van der Waals surface area contributed by atoms with Gasteiger partial charge in [-0.2, -0.15) is 0 Å². The minimum absolute atomic E-state index is 0. The van der Waals surface area contributed by atoms with Gasteiger partial charge >= 0.3 is 69.2 Å². The minimum Gasteiger partial charge on any atom is -0.550 e. The SMILES string of the molecule is O=C([O-])CC(O)(PC(=O)[O-])C(=O)[O-].O=C([O-])CC(O)(PC(=O)[O-])C(=O)[O-].[Mg+2].[Mg+2].[Mg+2]. The summed E-state index contributed by atoms with van der Waals surface area (Å²) in [6.07, 6.45) is -2.69. The number of carbonyl (C=O) groups is 6. The fourth-order valence-corrected chi connectivity index (χ4v) is 2.44. The topological polar surface area (TPSA) is 281 Å². The molecule has 0 saturated carbocycles. The van der Waals surface area contributed by atoms with Crippen molar-refractivity contribution in [2.45, 2.75) is 23.5 Å². The normalized spacial score (nSPS) is 13.9. The van der Waals surface area contributed by atoms with Gasteiger partial charge in [0.15, 0.2) is 0 Å². The zero-order valence-corrected chi connectivity index (χ0v) is 20.6. The summed E-state index contributed by atoms with van der Waals surface area (Å²) in [6, 6.07) is 0. The van der Waals surface area contributed by atoms with E-state index < -0.39 is 76.0 Å². The standard InChI is InChI=1S/2C5H7O7P.3Mg/c2*6-2(7)1-5(12,3(8)9)13-4(10)11;;;/h2*12-13H,1H2,(H,6,7)(H,8,9)(H,10,11);;;/q;;3*+2/p-6. The number of carboxylic acids is 4. The number of carbonyl (C=O) groups excluding carboxylic acids is 6. The van der Waals surface area contributed by atoms with Crippen molar-refractivity contribution < 1.29 is 69.6 Å². The number of hydrogen-bond donors (Lipinski definition) is 2. The Kier molecular flexibility index (Phi) is 23.9. The summed E-state index contributed by atoms with van der Waals surface area (Å²) in [7, 11) is -3.23. The van der Waals surface area contributed by atoms with Crippen LogP contribution in [-0.2, 0) is 19.2 Å². The van der Waals surface area contributed by atoms with Crippen LogP contribution in [-0.4, -0.2) is 125 Å². The molecule has 29 heavy (non-hydrogen) atoms. The molecule has 0 fully saturated rings. The van der Waals surface area contributed by atoms with Gasteiger partial charge in [0.25, 0.3) is 0 Å². The van der Waals surface area contributed by atoms with Crippen LogP contribution >= 0.6 is 17.2 Å². The molecule has 0 aliphatic carbocycles. The minimum atomic E-state index is -2.95. The van der Waals surface area contributed by atoms with Crippen LogP contribution in [0.2, 0.25) is 0 Å². The van der Waals surface area contributed by atoms with Crippen LogP contribution in [0.1, 0.15) is 12.8 Å². The molecule has 0 saturated heterocycles. The number of carboxylic acid groups (broad SMARTS) is 6. The largest absolute Gasteiger partial charge is 2.00 e. The van der Waals surface area contributed by atoms with Crippen LogP contribution in [0.25, 0.3) is 0 Å². The summed E-state index contributed by atoms with van der Waals surface area (Å²) in [4.78, 5) is 60.0. The van der Waals surface area contributed by atoms with Crippen LogP contribution in [0, 0.1) is 0 Å². The average molecular weight is 487 g/mol. The Morgan fingerprint density at radius 2 is 0.793 bits per heavy atom. The van der Waals surface area contributed by atoms with Crippen LogP contribution in [0.3, 0.4) is 0 Å². The van der Waals surface area contributed by atoms with E-state index in [1.165, 1.54) is 0 Å². The average Bonchev–Trinajstić information content (AvgIpc) is 2.34. The van der Waals surface area contributed by atoms with Gasteiger partial charge in [0, 0.05) is 24.8 Å². The van der Waals surface area contributed by atoms with E-state index in [2.05, 4.69) is 0 Å². The van der Waals surface area contributed by atoms with Crippen molar-refractivity contribution in [2.75, 3.05) is 0 Å². The first kappa shape index (κ1) is 39.4. The molecule has 0 aromatic rings. The van der Waals surface area contributed by atoms with E-state index in [0.717, 1.165) is 0 Å². The van der Waals surface area contributed by atoms with Gasteiger partial charge in [-0.05, 0) is 17.2 Å². The Morgan fingerprint density at radius 3 is 0.897 bits per heavy atom. The molecule has 0 rings (SSSR count). The van der Waals surface area contributed by atoms with Crippen LogP contribution in [0.15, 0.2) is 0 Å². The van der Waals surface area contributed by atoms with Crippen molar-refractivity contribution >= 4 is 122 Å². The zero-order valence-electron chi connectivity index (χ0n) is 14.3. The van der Waals surface area contributed by atoms with Crippen molar-refractivity contribution in [3.8, 4) is 0 Å². The van der Waals surface area contributed by atoms with Crippen molar-refractivity contribution in [1.82, 2.24) is 0 Å². The molecule has 0 spiro atoms. The van der Waals surface area contributed by atoms with E-state index in [9.17, 15) is 59.4 Å². The van der Waals surface area contributed by atoms with E-state index in [0.29, 0.717) is 0 Å². The predicted octanol–water partition coefficient (Wildman–Crippen LogP) is -9.97. The first-order valence-electron chi connectivity index (χ1n) is 5.81. The summed E-state index contributed by atoms with van der Waals surface area (Å²) in [5.41, 5.74) is -3.74. The first-order valence-corrected chi connectivity index (χ1v) is 7.81. The molecule has 0 aliphatic rings. The molecule has 0 aromatic heterocycles. The van der Waals surface area contributed by atoms with Gasteiger partial charge in [-0.25, -0.2) is 0 Å². The van der Waals surface area contributed by atoms with Gasteiger partial charge in [0.05, 0.1) is 23.4 Å². The van der Waals surface area contributed by atoms with Crippen LogP contribution in [0.5, 0.6) is 0 Å². The Balaban J connectivity index is -0.000000120. The summed E-state index contributed by atoms with van der Waals surface area (Å²) in [5.74, 6) is -8.14. The molecule has 4 atom stereocenters. The molecular weight excluding hydrogens is 479 g/mol. The third-order valence-electron chi connectivity index (χ3n) is 2.09. The number of aliphatic hydroxyl groups is 2. The van der Waals surface area contributed by atoms with Gasteiger partial charge in [-0.15, -0.1) is 0 Å². The van der Waals surface area contributed by atoms with E-state index >= 15 is 0 Å². The molecule has 0 radical (unpaired) electrons. The second-order valence-corrected chi connectivity index (χ2v) is 7.19. The molecule has 0 aliphatic heterocycles. The zero-order chi connectivity index (χ0) is 21.3. The molecule has 0 aromatic carbocycles. The Labute approximate surface area is 213 Å². The van der Waals surface area contributed by atoms with Gasteiger partial charge in [0.1, 0.15) is 10.7 Å². The molecular formula is C10H8Mg3O14P2. The van der Waals surface area contributed by atoms with E-state index in [1.807, 2.05) is 0 Å². The van der Waals surface area contributed by atoms with Gasteiger partial charge in [-0.3, -0.25) is 0 Å². The Bertz CT molecular complexity index is 528. The predicted molar refractivity (Wildman–Crippen MR) is 83.8 cm³/mol. The number of hydrogen-bond acceptors (Lipinski definition) is 14. The van der Waals surface area contributed by atoms with Gasteiger partial charge in [-0.1, -0.05) is 0 Å². The van der Waals surface area contributed by atoms with E-state index in [1.54, 1.807) is 0 Å². The quantitative estimate of drug-likeness (QED) is 0.214. The maximum atomic E-state index is 10.2. The van der Waals surface area contributed by atoms with Gasteiger partial charge < -0.3 is 69.6 Å². The first-order chi connectivity index (χ1) is 11.6. The van der Waals surface area contributed by atoms with Crippen molar-refractivity contribution in [2.24, 2.45) is 0 Å². The second-order valence-electron chi connectivity index (χ2n) is 4.22. The molecule has 148 valence electrons. The fourth-order valence-electron chi connectivity index (χ4n) is 1.09. The van der Waals surface area contributed by atoms with Crippen LogP contribution in [0.4, 0.5) is 9.59 Å². The maximum absolute atomic E-state index is 10.2. The Morgan fingerprint density at radius 1 is 0.586 bits per heavy atom. The summed E-state index contributed by atoms with van der Waals surface area (Å²) < 4.78 is 0. The molecule has 14 nitrogen and oxygen atoms in total. The monoisotopic (exact) mass is 486 g/mol. The van der Waals surface area contributed by atoms with Crippen LogP contribution < -0.4 is 30.6 Å². The third-order valence-corrected chi connectivity index (χ3v) is 4.09. The Hall–Kier alpha value is -0.101. The summed E-state index contributed by atoms with van der Waals surface area (Å²) >= 11 is 0. The molecule has 0 bridgehead atoms. The molecule has 0 amide bonds. The van der Waals surface area contributed by atoms with E-state index in [-0.39, 0.29) is 69.2 Å². The smallest absolute Gasteiger partial charge is 0.550 e.